The van der Waals surface area contributed by atoms with Gasteiger partial charge in [0, 0.05) is 31.0 Å². The highest BCUT2D eigenvalue weighted by Gasteiger charge is 2.37. The first-order valence-electron chi connectivity index (χ1n) is 12.2. The highest BCUT2D eigenvalue weighted by molar-refractivity contribution is 7.99. The molecule has 1 amide bonds. The zero-order chi connectivity index (χ0) is 27.5. The van der Waals surface area contributed by atoms with E-state index in [1.165, 1.54) is 11.8 Å². The molecule has 1 N–H and O–H groups in total. The Labute approximate surface area is 219 Å². The van der Waals surface area contributed by atoms with E-state index >= 15 is 0 Å². The lowest BCUT2D eigenvalue weighted by Crippen LogP contribution is -2.30. The van der Waals surface area contributed by atoms with E-state index in [-0.39, 0.29) is 19.2 Å². The predicted octanol–water partition coefficient (Wildman–Crippen LogP) is 5.79. The highest BCUT2D eigenvalue weighted by atomic mass is 32.2. The molecule has 3 heterocycles. The molecule has 1 aromatic carbocycles. The second-order valence-electron chi connectivity index (χ2n) is 8.88. The van der Waals surface area contributed by atoms with E-state index < -0.39 is 35.0 Å². The summed E-state index contributed by atoms with van der Waals surface area (Å²) >= 11 is 1.51. The zero-order valence-electron chi connectivity index (χ0n) is 20.5. The fourth-order valence-electron chi connectivity index (χ4n) is 4.15. The van der Waals surface area contributed by atoms with E-state index in [9.17, 15) is 31.1 Å². The summed E-state index contributed by atoms with van der Waals surface area (Å²) in [6.45, 7) is 3.79. The number of hydrogen-bond acceptors (Lipinski definition) is 6. The van der Waals surface area contributed by atoms with Crippen LogP contribution in [0, 0.1) is 0 Å². The largest absolute Gasteiger partial charge is 0.416 e. The van der Waals surface area contributed by atoms with Crippen LogP contribution < -0.4 is 10.2 Å². The topological polar surface area (TPSA) is 75.9 Å². The van der Waals surface area contributed by atoms with Crippen molar-refractivity contribution in [3.63, 3.8) is 0 Å². The fraction of sp³-hybridized carbons (Fsp3) is 0.500. The number of rotatable bonds is 8. The number of nitrogens with zero attached hydrogens (tertiary/aromatic N) is 5. The number of aromatic nitrogens is 4. The Bertz CT molecular complexity index is 1250. The van der Waals surface area contributed by atoms with Gasteiger partial charge in [0.15, 0.2) is 10.8 Å². The van der Waals surface area contributed by atoms with Crippen molar-refractivity contribution in [3.8, 4) is 0 Å². The molecular weight excluding hydrogens is 534 g/mol. The number of amides is 1. The van der Waals surface area contributed by atoms with Gasteiger partial charge in [-0.15, -0.1) is 0 Å². The molecule has 0 radical (unpaired) electrons. The minimum atomic E-state index is -5.04. The first kappa shape index (κ1) is 28.0. The molecule has 1 aliphatic heterocycles. The number of carbonyl (C=O) groups is 1. The molecule has 0 saturated carbocycles. The summed E-state index contributed by atoms with van der Waals surface area (Å²) in [6.07, 6.45) is -4.26. The first-order chi connectivity index (χ1) is 18.0. The molecule has 0 atom stereocenters. The molecule has 1 aliphatic rings. The number of hydrogen-bond donors (Lipinski definition) is 1. The number of anilines is 1. The predicted molar refractivity (Wildman–Crippen MR) is 131 cm³/mol. The Hall–Kier alpha value is -3.03. The van der Waals surface area contributed by atoms with Crippen molar-refractivity contribution in [1.82, 2.24) is 25.1 Å². The van der Waals surface area contributed by atoms with E-state index in [0.29, 0.717) is 22.9 Å². The van der Waals surface area contributed by atoms with Crippen LogP contribution in [0.1, 0.15) is 54.1 Å². The molecule has 14 heteroatoms. The zero-order valence-corrected chi connectivity index (χ0v) is 21.3. The van der Waals surface area contributed by atoms with Crippen molar-refractivity contribution in [1.29, 1.82) is 0 Å². The highest BCUT2D eigenvalue weighted by Crippen LogP contribution is 2.36. The molecule has 2 aromatic heterocycles. The van der Waals surface area contributed by atoms with Gasteiger partial charge >= 0.3 is 12.4 Å². The van der Waals surface area contributed by atoms with E-state index in [1.807, 2.05) is 6.92 Å². The molecule has 0 bridgehead atoms. The molecule has 4 rings (SSSR count). The van der Waals surface area contributed by atoms with Crippen molar-refractivity contribution in [2.75, 3.05) is 30.3 Å². The molecule has 1 saturated heterocycles. The molecule has 0 aliphatic carbocycles. The van der Waals surface area contributed by atoms with Crippen LogP contribution in [0.15, 0.2) is 29.6 Å². The van der Waals surface area contributed by atoms with E-state index in [4.69, 9.17) is 4.98 Å². The minimum Gasteiger partial charge on any atom is -0.356 e. The van der Waals surface area contributed by atoms with Crippen LogP contribution in [0.5, 0.6) is 0 Å². The molecule has 7 nitrogen and oxygen atoms in total. The number of piperidine rings is 1. The number of fused-ring (bicyclic) bond motifs is 1. The number of alkyl halides is 6. The van der Waals surface area contributed by atoms with Gasteiger partial charge in [-0.3, -0.25) is 4.79 Å². The van der Waals surface area contributed by atoms with Crippen molar-refractivity contribution >= 4 is 34.5 Å². The molecule has 0 spiro atoms. The summed E-state index contributed by atoms with van der Waals surface area (Å²) < 4.78 is 80.4. The lowest BCUT2D eigenvalue weighted by Gasteiger charge is -2.28. The number of benzene rings is 1. The monoisotopic (exact) mass is 560 g/mol. The van der Waals surface area contributed by atoms with Gasteiger partial charge in [0.25, 0.3) is 5.91 Å². The van der Waals surface area contributed by atoms with Crippen molar-refractivity contribution in [3.05, 3.63) is 41.1 Å². The maximum atomic E-state index is 13.1. The van der Waals surface area contributed by atoms with Crippen LogP contribution in [0.25, 0.3) is 11.0 Å². The van der Waals surface area contributed by atoms with E-state index in [1.54, 1.807) is 10.9 Å². The Balaban J connectivity index is 1.54. The molecule has 206 valence electrons. The second kappa shape index (κ2) is 11.4. The molecule has 1 fully saturated rings. The summed E-state index contributed by atoms with van der Waals surface area (Å²) in [5.41, 5.74) is -3.28. The molecular formula is C24H26F6N6OS. The van der Waals surface area contributed by atoms with E-state index in [0.717, 1.165) is 55.7 Å². The molecule has 38 heavy (non-hydrogen) atoms. The van der Waals surface area contributed by atoms with Crippen LogP contribution in [-0.2, 0) is 18.9 Å². The minimum absolute atomic E-state index is 0.0135. The van der Waals surface area contributed by atoms with Gasteiger partial charge in [-0.2, -0.15) is 31.4 Å². The quantitative estimate of drug-likeness (QED) is 0.214. The average molecular weight is 561 g/mol. The Morgan fingerprint density at radius 2 is 1.66 bits per heavy atom. The van der Waals surface area contributed by atoms with Crippen LogP contribution in [-0.4, -0.2) is 51.0 Å². The van der Waals surface area contributed by atoms with Gasteiger partial charge in [0.2, 0.25) is 0 Å². The summed E-state index contributed by atoms with van der Waals surface area (Å²) in [6, 6.07) is 0.799. The van der Waals surface area contributed by atoms with Crippen molar-refractivity contribution in [2.24, 2.45) is 0 Å². The Morgan fingerprint density at radius 1 is 1.00 bits per heavy atom. The third-order valence-electron chi connectivity index (χ3n) is 6.01. The third-order valence-corrected chi connectivity index (χ3v) is 7.06. The summed E-state index contributed by atoms with van der Waals surface area (Å²) in [4.78, 5) is 24.1. The van der Waals surface area contributed by atoms with E-state index in [2.05, 4.69) is 20.3 Å². The molecule has 3 aromatic rings. The Kier molecular flexibility index (Phi) is 8.38. The number of halogens is 6. The SMILES string of the molecule is CCCSc1nc(N2CCCCC2)c2cnn(CCNC(=O)c3cc(C(F)(F)F)cc(C(F)(F)F)c3)c2n1. The number of carbonyl (C=O) groups excluding carboxylic acids is 1. The lowest BCUT2D eigenvalue weighted by atomic mass is 10.0. The van der Waals surface area contributed by atoms with Gasteiger partial charge in [0.05, 0.1) is 29.3 Å². The number of nitrogens with one attached hydrogen (secondary N) is 1. The van der Waals surface area contributed by atoms with Gasteiger partial charge < -0.3 is 10.2 Å². The fourth-order valence-corrected chi connectivity index (χ4v) is 4.84. The van der Waals surface area contributed by atoms with Gasteiger partial charge in [-0.1, -0.05) is 18.7 Å². The van der Waals surface area contributed by atoms with Gasteiger partial charge in [0.1, 0.15) is 5.82 Å². The summed E-state index contributed by atoms with van der Waals surface area (Å²) in [5.74, 6) is 0.555. The maximum Gasteiger partial charge on any atom is 0.416 e. The van der Waals surface area contributed by atoms with Gasteiger partial charge in [-0.25, -0.2) is 14.6 Å². The maximum absolute atomic E-state index is 13.1. The van der Waals surface area contributed by atoms with Crippen molar-refractivity contribution in [2.45, 2.75) is 56.7 Å². The first-order valence-corrected chi connectivity index (χ1v) is 13.1. The standard InChI is InChI=1S/C24H26F6N6OS/c1-2-10-38-22-33-19(35-7-4-3-5-8-35)18-14-32-36(20(18)34-22)9-6-31-21(37)15-11-16(23(25,26)27)13-17(12-15)24(28,29)30/h11-14H,2-10H2,1H3,(H,31,37). The van der Waals surface area contributed by atoms with Crippen LogP contribution >= 0.6 is 11.8 Å². The van der Waals surface area contributed by atoms with Gasteiger partial charge in [-0.05, 0) is 43.9 Å². The third kappa shape index (κ3) is 6.51. The second-order valence-corrected chi connectivity index (χ2v) is 9.94. The molecule has 0 unspecified atom stereocenters. The number of thioether (sulfide) groups is 1. The smallest absolute Gasteiger partial charge is 0.356 e. The van der Waals surface area contributed by atoms with Crippen molar-refractivity contribution < 1.29 is 31.1 Å². The Morgan fingerprint density at radius 3 is 2.26 bits per heavy atom. The average Bonchev–Trinajstić information content (AvgIpc) is 3.29. The van der Waals surface area contributed by atoms with Crippen LogP contribution in [0.2, 0.25) is 0 Å². The normalized spacial score (nSPS) is 14.8. The van der Waals surface area contributed by atoms with Crippen LogP contribution in [0.4, 0.5) is 32.2 Å². The summed E-state index contributed by atoms with van der Waals surface area (Å²) in [5, 5.41) is 8.09. The van der Waals surface area contributed by atoms with Crippen LogP contribution in [0.3, 0.4) is 0 Å². The lowest BCUT2D eigenvalue weighted by molar-refractivity contribution is -0.143. The summed E-state index contributed by atoms with van der Waals surface area (Å²) in [7, 11) is 0.